The SMILES string of the molecule is CCC(N)Cc1ccc2c(ccn2Cc2ccn(C)n2)c1. The summed E-state index contributed by atoms with van der Waals surface area (Å²) >= 11 is 0. The van der Waals surface area contributed by atoms with Crippen LogP contribution in [0, 0.1) is 0 Å². The van der Waals surface area contributed by atoms with E-state index in [0.717, 1.165) is 25.1 Å². The van der Waals surface area contributed by atoms with Crippen molar-refractivity contribution in [2.45, 2.75) is 32.4 Å². The molecule has 0 amide bonds. The molecule has 21 heavy (non-hydrogen) atoms. The zero-order chi connectivity index (χ0) is 14.8. The van der Waals surface area contributed by atoms with Crippen molar-refractivity contribution in [2.75, 3.05) is 0 Å². The molecule has 0 aliphatic carbocycles. The molecular weight excluding hydrogens is 260 g/mol. The minimum Gasteiger partial charge on any atom is -0.341 e. The molecule has 0 bridgehead atoms. The summed E-state index contributed by atoms with van der Waals surface area (Å²) in [5.41, 5.74) is 9.68. The summed E-state index contributed by atoms with van der Waals surface area (Å²) in [4.78, 5) is 0. The lowest BCUT2D eigenvalue weighted by Gasteiger charge is -2.09. The lowest BCUT2D eigenvalue weighted by Crippen LogP contribution is -2.21. The third kappa shape index (κ3) is 3.00. The fourth-order valence-corrected chi connectivity index (χ4v) is 2.68. The Hall–Kier alpha value is -2.07. The Bertz CT molecular complexity index is 738. The maximum Gasteiger partial charge on any atom is 0.0821 e. The minimum atomic E-state index is 0.248. The molecule has 1 atom stereocenters. The van der Waals surface area contributed by atoms with Gasteiger partial charge in [-0.3, -0.25) is 4.68 Å². The van der Waals surface area contributed by atoms with E-state index in [1.807, 2.05) is 17.9 Å². The van der Waals surface area contributed by atoms with Crippen LogP contribution in [0.2, 0.25) is 0 Å². The maximum atomic E-state index is 6.04. The monoisotopic (exact) mass is 282 g/mol. The summed E-state index contributed by atoms with van der Waals surface area (Å²) in [5, 5.41) is 5.71. The summed E-state index contributed by atoms with van der Waals surface area (Å²) in [6.07, 6.45) is 6.06. The minimum absolute atomic E-state index is 0.248. The van der Waals surface area contributed by atoms with Crippen LogP contribution < -0.4 is 5.73 Å². The van der Waals surface area contributed by atoms with Crippen LogP contribution in [0.25, 0.3) is 10.9 Å². The van der Waals surface area contributed by atoms with Crippen LogP contribution in [-0.4, -0.2) is 20.4 Å². The third-order valence-corrected chi connectivity index (χ3v) is 3.96. The molecule has 0 aliphatic rings. The van der Waals surface area contributed by atoms with Crippen molar-refractivity contribution in [3.8, 4) is 0 Å². The lowest BCUT2D eigenvalue weighted by molar-refractivity contribution is 0.647. The second-order valence-electron chi connectivity index (χ2n) is 5.69. The molecule has 1 aromatic carbocycles. The molecule has 2 N–H and O–H groups in total. The first-order valence-electron chi connectivity index (χ1n) is 7.47. The van der Waals surface area contributed by atoms with Gasteiger partial charge < -0.3 is 10.3 Å². The highest BCUT2D eigenvalue weighted by Crippen LogP contribution is 2.19. The summed E-state index contributed by atoms with van der Waals surface area (Å²) in [7, 11) is 1.94. The Kier molecular flexibility index (Phi) is 3.80. The highest BCUT2D eigenvalue weighted by Gasteiger charge is 2.06. The Morgan fingerprint density at radius 1 is 1.19 bits per heavy atom. The van der Waals surface area contributed by atoms with Crippen LogP contribution in [-0.2, 0) is 20.0 Å². The van der Waals surface area contributed by atoms with E-state index >= 15 is 0 Å². The Morgan fingerprint density at radius 3 is 2.76 bits per heavy atom. The van der Waals surface area contributed by atoms with Crippen LogP contribution in [0.5, 0.6) is 0 Å². The normalized spacial score (nSPS) is 12.9. The van der Waals surface area contributed by atoms with E-state index in [0.29, 0.717) is 0 Å². The van der Waals surface area contributed by atoms with E-state index in [9.17, 15) is 0 Å². The van der Waals surface area contributed by atoms with Gasteiger partial charge in [0.15, 0.2) is 0 Å². The van der Waals surface area contributed by atoms with Crippen LogP contribution in [0.1, 0.15) is 24.6 Å². The smallest absolute Gasteiger partial charge is 0.0821 e. The summed E-state index contributed by atoms with van der Waals surface area (Å²) in [5.74, 6) is 0. The molecule has 110 valence electrons. The van der Waals surface area contributed by atoms with E-state index < -0.39 is 0 Å². The number of fused-ring (bicyclic) bond motifs is 1. The second kappa shape index (κ2) is 5.74. The number of nitrogens with two attached hydrogens (primary N) is 1. The van der Waals surface area contributed by atoms with Crippen molar-refractivity contribution < 1.29 is 0 Å². The predicted octanol–water partition coefficient (Wildman–Crippen LogP) is 2.70. The zero-order valence-corrected chi connectivity index (χ0v) is 12.7. The molecule has 0 fully saturated rings. The lowest BCUT2D eigenvalue weighted by atomic mass is 10.0. The number of aromatic nitrogens is 3. The number of nitrogens with zero attached hydrogens (tertiary/aromatic N) is 3. The van der Waals surface area contributed by atoms with Crippen molar-refractivity contribution in [1.29, 1.82) is 0 Å². The van der Waals surface area contributed by atoms with Crippen LogP contribution in [0.3, 0.4) is 0 Å². The van der Waals surface area contributed by atoms with Crippen LogP contribution >= 0.6 is 0 Å². The molecule has 0 saturated heterocycles. The maximum absolute atomic E-state index is 6.04. The van der Waals surface area contributed by atoms with E-state index in [1.165, 1.54) is 16.5 Å². The van der Waals surface area contributed by atoms with Crippen LogP contribution in [0.15, 0.2) is 42.7 Å². The first kappa shape index (κ1) is 13.9. The topological polar surface area (TPSA) is 48.8 Å². The van der Waals surface area contributed by atoms with Gasteiger partial charge in [0.25, 0.3) is 0 Å². The molecule has 0 aliphatic heterocycles. The fraction of sp³-hybridized carbons (Fsp3) is 0.353. The van der Waals surface area contributed by atoms with Gasteiger partial charge in [0, 0.05) is 31.0 Å². The molecule has 2 heterocycles. The molecular formula is C17H22N4. The molecule has 3 rings (SSSR count). The van der Waals surface area contributed by atoms with Gasteiger partial charge in [-0.25, -0.2) is 0 Å². The van der Waals surface area contributed by atoms with Gasteiger partial charge in [-0.1, -0.05) is 13.0 Å². The third-order valence-electron chi connectivity index (χ3n) is 3.96. The fourth-order valence-electron chi connectivity index (χ4n) is 2.68. The molecule has 4 nitrogen and oxygen atoms in total. The predicted molar refractivity (Wildman–Crippen MR) is 86.2 cm³/mol. The Labute approximate surface area is 125 Å². The Morgan fingerprint density at radius 2 is 2.05 bits per heavy atom. The first-order chi connectivity index (χ1) is 10.2. The van der Waals surface area contributed by atoms with E-state index in [4.69, 9.17) is 5.73 Å². The number of hydrogen-bond acceptors (Lipinski definition) is 2. The highest BCUT2D eigenvalue weighted by molar-refractivity contribution is 5.81. The average Bonchev–Trinajstić information content (AvgIpc) is 3.06. The van der Waals surface area contributed by atoms with Crippen LogP contribution in [0.4, 0.5) is 0 Å². The average molecular weight is 282 g/mol. The van der Waals surface area contributed by atoms with Crippen molar-refractivity contribution in [3.05, 3.63) is 54.0 Å². The largest absolute Gasteiger partial charge is 0.341 e. The summed E-state index contributed by atoms with van der Waals surface area (Å²) < 4.78 is 4.08. The standard InChI is InChI=1S/C17H22N4/c1-3-15(18)11-13-4-5-17-14(10-13)6-9-21(17)12-16-7-8-20(2)19-16/h4-10,15H,3,11-12,18H2,1-2H3. The van der Waals surface area contributed by atoms with Crippen molar-refractivity contribution in [2.24, 2.45) is 12.8 Å². The Balaban J connectivity index is 1.85. The van der Waals surface area contributed by atoms with E-state index in [1.54, 1.807) is 0 Å². The van der Waals surface area contributed by atoms with Gasteiger partial charge in [0.1, 0.15) is 0 Å². The molecule has 4 heteroatoms. The van der Waals surface area contributed by atoms with Gasteiger partial charge in [-0.2, -0.15) is 5.10 Å². The summed E-state index contributed by atoms with van der Waals surface area (Å²) in [6, 6.07) is 11.1. The van der Waals surface area contributed by atoms with Gasteiger partial charge in [-0.05, 0) is 48.1 Å². The molecule has 0 spiro atoms. The van der Waals surface area contributed by atoms with Gasteiger partial charge >= 0.3 is 0 Å². The van der Waals surface area contributed by atoms with Crippen molar-refractivity contribution in [1.82, 2.24) is 14.3 Å². The summed E-state index contributed by atoms with van der Waals surface area (Å²) in [6.45, 7) is 2.94. The first-order valence-corrected chi connectivity index (χ1v) is 7.47. The zero-order valence-electron chi connectivity index (χ0n) is 12.7. The van der Waals surface area contributed by atoms with E-state index in [2.05, 4.69) is 53.1 Å². The molecule has 3 aromatic rings. The van der Waals surface area contributed by atoms with Gasteiger partial charge in [0.05, 0.1) is 12.2 Å². The molecule has 2 aromatic heterocycles. The number of rotatable bonds is 5. The van der Waals surface area contributed by atoms with Gasteiger partial charge in [0.2, 0.25) is 0 Å². The molecule has 1 unspecified atom stereocenters. The van der Waals surface area contributed by atoms with Gasteiger partial charge in [-0.15, -0.1) is 0 Å². The second-order valence-corrected chi connectivity index (χ2v) is 5.69. The van der Waals surface area contributed by atoms with Crippen molar-refractivity contribution >= 4 is 10.9 Å². The van der Waals surface area contributed by atoms with E-state index in [-0.39, 0.29) is 6.04 Å². The number of benzene rings is 1. The van der Waals surface area contributed by atoms with Crippen molar-refractivity contribution in [3.63, 3.8) is 0 Å². The number of aryl methyl sites for hydroxylation is 1. The number of hydrogen-bond donors (Lipinski definition) is 1. The highest BCUT2D eigenvalue weighted by atomic mass is 15.3. The quantitative estimate of drug-likeness (QED) is 0.782. The molecule has 0 radical (unpaired) electrons. The molecule has 0 saturated carbocycles.